The zero-order valence-electron chi connectivity index (χ0n) is 15.7. The minimum atomic E-state index is -0.122. The molecule has 2 N–H and O–H groups in total. The van der Waals surface area contributed by atoms with E-state index in [1.165, 1.54) is 21.9 Å². The van der Waals surface area contributed by atoms with Crippen molar-refractivity contribution in [2.75, 3.05) is 19.0 Å². The van der Waals surface area contributed by atoms with E-state index >= 15 is 0 Å². The molecule has 0 saturated heterocycles. The lowest BCUT2D eigenvalue weighted by Gasteiger charge is -2.18. The maximum atomic E-state index is 12.5. The number of anilines is 1. The van der Waals surface area contributed by atoms with Crippen molar-refractivity contribution >= 4 is 22.4 Å². The molecule has 1 unspecified atom stereocenters. The Bertz CT molecular complexity index is 987. The Morgan fingerprint density at radius 1 is 1.04 bits per heavy atom. The Labute approximate surface area is 159 Å². The third-order valence-electron chi connectivity index (χ3n) is 5.30. The third-order valence-corrected chi connectivity index (χ3v) is 5.30. The van der Waals surface area contributed by atoms with Crippen LogP contribution in [-0.2, 0) is 17.6 Å². The van der Waals surface area contributed by atoms with E-state index in [-0.39, 0.29) is 18.5 Å². The lowest BCUT2D eigenvalue weighted by molar-refractivity contribution is -0.120. The van der Waals surface area contributed by atoms with E-state index < -0.39 is 0 Å². The lowest BCUT2D eigenvalue weighted by atomic mass is 10.0. The molecule has 1 atom stereocenters. The molecule has 0 aliphatic heterocycles. The van der Waals surface area contributed by atoms with Crippen molar-refractivity contribution in [3.63, 3.8) is 0 Å². The van der Waals surface area contributed by atoms with Crippen molar-refractivity contribution in [2.24, 2.45) is 0 Å². The summed E-state index contributed by atoms with van der Waals surface area (Å²) in [6.07, 6.45) is 2.21. The standard InChI is InChI=1S/C23H24N2O2/c1-15(18-7-3-4-9-21(18)27-2)25-22(26)14-24-20-13-12-17-11-10-16-6-5-8-19(20)23(16)17/h3-9,12-13,15,24H,10-11,14H2,1-2H3,(H,25,26). The Balaban J connectivity index is 1.45. The van der Waals surface area contributed by atoms with Gasteiger partial charge in [-0.1, -0.05) is 42.5 Å². The molecule has 0 bridgehead atoms. The van der Waals surface area contributed by atoms with E-state index in [0.29, 0.717) is 0 Å². The Morgan fingerprint density at radius 2 is 1.81 bits per heavy atom. The van der Waals surface area contributed by atoms with Gasteiger partial charge in [0.2, 0.25) is 5.91 Å². The zero-order chi connectivity index (χ0) is 18.8. The van der Waals surface area contributed by atoms with E-state index in [0.717, 1.165) is 29.8 Å². The van der Waals surface area contributed by atoms with Crippen LogP contribution in [0.2, 0.25) is 0 Å². The van der Waals surface area contributed by atoms with Crippen molar-refractivity contribution in [2.45, 2.75) is 25.8 Å². The van der Waals surface area contributed by atoms with Crippen LogP contribution in [0.25, 0.3) is 10.8 Å². The smallest absolute Gasteiger partial charge is 0.239 e. The van der Waals surface area contributed by atoms with Gasteiger partial charge in [0.25, 0.3) is 0 Å². The van der Waals surface area contributed by atoms with Gasteiger partial charge in [-0.15, -0.1) is 0 Å². The summed E-state index contributed by atoms with van der Waals surface area (Å²) in [5, 5.41) is 8.91. The molecule has 4 nitrogen and oxygen atoms in total. The number of rotatable bonds is 6. The SMILES string of the molecule is COc1ccccc1C(C)NC(=O)CNc1ccc2c3c(cccc13)CC2. The molecule has 3 aromatic rings. The van der Waals surface area contributed by atoms with Crippen LogP contribution in [0.3, 0.4) is 0 Å². The summed E-state index contributed by atoms with van der Waals surface area (Å²) >= 11 is 0. The summed E-state index contributed by atoms with van der Waals surface area (Å²) in [7, 11) is 1.64. The second-order valence-electron chi connectivity index (χ2n) is 7.00. The molecule has 0 fully saturated rings. The first-order chi connectivity index (χ1) is 13.2. The number of benzene rings is 3. The maximum absolute atomic E-state index is 12.5. The van der Waals surface area contributed by atoms with Crippen LogP contribution in [0.1, 0.15) is 29.7 Å². The summed E-state index contributed by atoms with van der Waals surface area (Å²) in [6, 6.07) is 18.3. The van der Waals surface area contributed by atoms with Crippen molar-refractivity contribution < 1.29 is 9.53 Å². The molecule has 1 aliphatic rings. The number of hydrogen-bond acceptors (Lipinski definition) is 3. The molecule has 0 heterocycles. The van der Waals surface area contributed by atoms with Gasteiger partial charge < -0.3 is 15.4 Å². The summed E-state index contributed by atoms with van der Waals surface area (Å²) in [5.41, 5.74) is 4.79. The van der Waals surface area contributed by atoms with Gasteiger partial charge in [0.05, 0.1) is 19.7 Å². The van der Waals surface area contributed by atoms with Crippen molar-refractivity contribution in [3.8, 4) is 5.75 Å². The van der Waals surface area contributed by atoms with Gasteiger partial charge >= 0.3 is 0 Å². The molecule has 0 spiro atoms. The molecule has 4 rings (SSSR count). The van der Waals surface area contributed by atoms with Gasteiger partial charge in [0, 0.05) is 16.6 Å². The van der Waals surface area contributed by atoms with Gasteiger partial charge in [0.15, 0.2) is 0 Å². The Kier molecular flexibility index (Phi) is 4.71. The number of carbonyl (C=O) groups is 1. The first kappa shape index (κ1) is 17.4. The monoisotopic (exact) mass is 360 g/mol. The maximum Gasteiger partial charge on any atom is 0.239 e. The number of hydrogen-bond donors (Lipinski definition) is 2. The van der Waals surface area contributed by atoms with E-state index in [1.54, 1.807) is 7.11 Å². The van der Waals surface area contributed by atoms with Gasteiger partial charge in [-0.25, -0.2) is 0 Å². The first-order valence-electron chi connectivity index (χ1n) is 9.37. The highest BCUT2D eigenvalue weighted by Gasteiger charge is 2.17. The summed E-state index contributed by atoms with van der Waals surface area (Å²) in [5.74, 6) is 0.738. The number of ether oxygens (including phenoxy) is 1. The van der Waals surface area contributed by atoms with E-state index in [9.17, 15) is 4.79 Å². The van der Waals surface area contributed by atoms with E-state index in [2.05, 4.69) is 41.0 Å². The van der Waals surface area contributed by atoms with Gasteiger partial charge in [-0.05, 0) is 48.4 Å². The van der Waals surface area contributed by atoms with Gasteiger partial charge in [-0.3, -0.25) is 4.79 Å². The number of carbonyl (C=O) groups excluding carboxylic acids is 1. The number of nitrogens with one attached hydrogen (secondary N) is 2. The number of amides is 1. The highest BCUT2D eigenvalue weighted by Crippen LogP contribution is 2.34. The quantitative estimate of drug-likeness (QED) is 0.691. The normalized spacial score (nSPS) is 13.4. The minimum Gasteiger partial charge on any atom is -0.496 e. The fourth-order valence-electron chi connectivity index (χ4n) is 3.97. The molecule has 27 heavy (non-hydrogen) atoms. The average molecular weight is 360 g/mol. The molecular formula is C23H24N2O2. The fourth-order valence-corrected chi connectivity index (χ4v) is 3.97. The number of para-hydroxylation sites is 1. The number of methoxy groups -OCH3 is 1. The molecule has 1 aliphatic carbocycles. The first-order valence-corrected chi connectivity index (χ1v) is 9.37. The topological polar surface area (TPSA) is 50.4 Å². The van der Waals surface area contributed by atoms with Crippen LogP contribution in [0.5, 0.6) is 5.75 Å². The molecule has 1 amide bonds. The zero-order valence-corrected chi connectivity index (χ0v) is 15.7. The largest absolute Gasteiger partial charge is 0.496 e. The number of aryl methyl sites for hydroxylation is 2. The predicted octanol–water partition coefficient (Wildman–Crippen LogP) is 4.24. The van der Waals surface area contributed by atoms with E-state index in [1.807, 2.05) is 31.2 Å². The third kappa shape index (κ3) is 3.35. The Hall–Kier alpha value is -3.01. The van der Waals surface area contributed by atoms with Crippen LogP contribution < -0.4 is 15.4 Å². The molecule has 138 valence electrons. The lowest BCUT2D eigenvalue weighted by Crippen LogP contribution is -2.32. The molecule has 0 radical (unpaired) electrons. The summed E-state index contributed by atoms with van der Waals surface area (Å²) in [4.78, 5) is 12.5. The molecule has 0 saturated carbocycles. The molecule has 4 heteroatoms. The molecule has 0 aromatic heterocycles. The fraction of sp³-hybridized carbons (Fsp3) is 0.261. The van der Waals surface area contributed by atoms with Crippen LogP contribution in [0.15, 0.2) is 54.6 Å². The second-order valence-corrected chi connectivity index (χ2v) is 7.00. The summed E-state index contributed by atoms with van der Waals surface area (Å²) in [6.45, 7) is 2.20. The highest BCUT2D eigenvalue weighted by molar-refractivity contribution is 6.00. The summed E-state index contributed by atoms with van der Waals surface area (Å²) < 4.78 is 5.39. The van der Waals surface area contributed by atoms with Crippen molar-refractivity contribution in [1.82, 2.24) is 5.32 Å². The average Bonchev–Trinajstić information content (AvgIpc) is 3.12. The van der Waals surface area contributed by atoms with Crippen molar-refractivity contribution in [1.29, 1.82) is 0 Å². The minimum absolute atomic E-state index is 0.0448. The highest BCUT2D eigenvalue weighted by atomic mass is 16.5. The van der Waals surface area contributed by atoms with Gasteiger partial charge in [0.1, 0.15) is 5.75 Å². The Morgan fingerprint density at radius 3 is 2.63 bits per heavy atom. The van der Waals surface area contributed by atoms with Crippen LogP contribution in [-0.4, -0.2) is 19.6 Å². The van der Waals surface area contributed by atoms with Crippen LogP contribution >= 0.6 is 0 Å². The van der Waals surface area contributed by atoms with Crippen molar-refractivity contribution in [3.05, 3.63) is 71.3 Å². The molecular weight excluding hydrogens is 336 g/mol. The predicted molar refractivity (Wildman–Crippen MR) is 109 cm³/mol. The van der Waals surface area contributed by atoms with Crippen LogP contribution in [0.4, 0.5) is 5.69 Å². The second kappa shape index (κ2) is 7.31. The molecule has 3 aromatic carbocycles. The van der Waals surface area contributed by atoms with E-state index in [4.69, 9.17) is 4.74 Å². The van der Waals surface area contributed by atoms with Crippen LogP contribution in [0, 0.1) is 0 Å². The van der Waals surface area contributed by atoms with Gasteiger partial charge in [-0.2, -0.15) is 0 Å².